The number of halogens is 1. The second-order valence-electron chi connectivity index (χ2n) is 4.84. The molecule has 0 spiro atoms. The largest absolute Gasteiger partial charge is 0.379 e. The van der Waals surface area contributed by atoms with E-state index in [0.29, 0.717) is 6.04 Å². The van der Waals surface area contributed by atoms with Gasteiger partial charge in [-0.3, -0.25) is 0 Å². The molecule has 0 unspecified atom stereocenters. The summed E-state index contributed by atoms with van der Waals surface area (Å²) in [5, 5.41) is 3.46. The van der Waals surface area contributed by atoms with Crippen LogP contribution in [-0.2, 0) is 6.54 Å². The highest BCUT2D eigenvalue weighted by molar-refractivity contribution is 9.10. The van der Waals surface area contributed by atoms with Gasteiger partial charge >= 0.3 is 0 Å². The monoisotopic (exact) mass is 305 g/mol. The average molecular weight is 306 g/mol. The lowest BCUT2D eigenvalue weighted by Gasteiger charge is -2.10. The van der Waals surface area contributed by atoms with Crippen LogP contribution in [0.2, 0.25) is 0 Å². The molecule has 3 rings (SSSR count). The summed E-state index contributed by atoms with van der Waals surface area (Å²) in [5.41, 5.74) is 3.66. The lowest BCUT2D eigenvalue weighted by molar-refractivity contribution is 0.701. The highest BCUT2D eigenvalue weighted by atomic mass is 79.9. The molecule has 1 aliphatic carbocycles. The topological polar surface area (TPSA) is 29.9 Å². The number of benzene rings is 1. The Morgan fingerprint density at radius 3 is 3.00 bits per heavy atom. The van der Waals surface area contributed by atoms with Crippen molar-refractivity contribution in [3.05, 3.63) is 46.5 Å². The Morgan fingerprint density at radius 2 is 2.28 bits per heavy atom. The summed E-state index contributed by atoms with van der Waals surface area (Å²) in [7, 11) is 0. The van der Waals surface area contributed by atoms with Crippen molar-refractivity contribution < 1.29 is 0 Å². The van der Waals surface area contributed by atoms with Crippen LogP contribution in [0.25, 0.3) is 0 Å². The minimum Gasteiger partial charge on any atom is -0.379 e. The second-order valence-corrected chi connectivity index (χ2v) is 5.70. The van der Waals surface area contributed by atoms with Gasteiger partial charge in [0.1, 0.15) is 0 Å². The van der Waals surface area contributed by atoms with Gasteiger partial charge in [0.25, 0.3) is 0 Å². The maximum Gasteiger partial charge on any atom is 0.0951 e. The van der Waals surface area contributed by atoms with E-state index in [1.807, 2.05) is 12.5 Å². The number of nitrogens with one attached hydrogen (secondary N) is 1. The highest BCUT2D eigenvalue weighted by Gasteiger charge is 2.24. The molecule has 0 aliphatic heterocycles. The van der Waals surface area contributed by atoms with Gasteiger partial charge in [-0.05, 0) is 43.5 Å². The highest BCUT2D eigenvalue weighted by Crippen LogP contribution is 2.35. The standard InChI is InChI=1S/C14H16BrN3/c1-10-6-11(2-5-14(10)15)17-8-13-7-16-9-18(13)12-3-4-12/h2,5-7,9,12,17H,3-4,8H2,1H3. The first-order chi connectivity index (χ1) is 8.74. The number of rotatable bonds is 4. The van der Waals surface area contributed by atoms with E-state index in [1.54, 1.807) is 0 Å². The molecule has 3 nitrogen and oxygen atoms in total. The van der Waals surface area contributed by atoms with Crippen LogP contribution in [0.15, 0.2) is 35.2 Å². The van der Waals surface area contributed by atoms with Crippen molar-refractivity contribution in [3.63, 3.8) is 0 Å². The molecule has 1 aliphatic rings. The summed E-state index contributed by atoms with van der Waals surface area (Å²) in [5.74, 6) is 0. The Kier molecular flexibility index (Phi) is 3.12. The summed E-state index contributed by atoms with van der Waals surface area (Å²) >= 11 is 3.52. The van der Waals surface area contributed by atoms with E-state index in [0.717, 1.165) is 16.7 Å². The van der Waals surface area contributed by atoms with Crippen LogP contribution >= 0.6 is 15.9 Å². The van der Waals surface area contributed by atoms with Gasteiger partial charge in [0.15, 0.2) is 0 Å². The molecular formula is C14H16BrN3. The first kappa shape index (κ1) is 11.8. The summed E-state index contributed by atoms with van der Waals surface area (Å²) in [6, 6.07) is 7.02. The number of aromatic nitrogens is 2. The van der Waals surface area contributed by atoms with Gasteiger partial charge in [-0.25, -0.2) is 4.98 Å². The molecule has 0 atom stereocenters. The van der Waals surface area contributed by atoms with Gasteiger partial charge < -0.3 is 9.88 Å². The van der Waals surface area contributed by atoms with Crippen molar-refractivity contribution in [2.75, 3.05) is 5.32 Å². The zero-order valence-electron chi connectivity index (χ0n) is 10.4. The van der Waals surface area contributed by atoms with Crippen LogP contribution in [0.1, 0.15) is 30.1 Å². The molecule has 1 N–H and O–H groups in total. The number of hydrogen-bond donors (Lipinski definition) is 1. The third-order valence-corrected chi connectivity index (χ3v) is 4.21. The molecule has 0 radical (unpaired) electrons. The Morgan fingerprint density at radius 1 is 1.44 bits per heavy atom. The molecular weight excluding hydrogens is 290 g/mol. The molecule has 94 valence electrons. The van der Waals surface area contributed by atoms with Crippen molar-refractivity contribution >= 4 is 21.6 Å². The fourth-order valence-electron chi connectivity index (χ4n) is 2.10. The lowest BCUT2D eigenvalue weighted by atomic mass is 10.2. The summed E-state index contributed by atoms with van der Waals surface area (Å²) < 4.78 is 3.44. The first-order valence-corrected chi connectivity index (χ1v) is 7.04. The Bertz CT molecular complexity index is 558. The van der Waals surface area contributed by atoms with Crippen molar-refractivity contribution in [1.29, 1.82) is 0 Å². The van der Waals surface area contributed by atoms with E-state index in [1.165, 1.54) is 24.1 Å². The lowest BCUT2D eigenvalue weighted by Crippen LogP contribution is -2.05. The maximum absolute atomic E-state index is 4.24. The summed E-state index contributed by atoms with van der Waals surface area (Å²) in [6.07, 6.45) is 6.49. The third-order valence-electron chi connectivity index (χ3n) is 3.32. The molecule has 1 aromatic carbocycles. The van der Waals surface area contributed by atoms with Crippen LogP contribution in [0.3, 0.4) is 0 Å². The number of anilines is 1. The molecule has 1 aromatic heterocycles. The van der Waals surface area contributed by atoms with Gasteiger partial charge in [0.05, 0.1) is 18.6 Å². The summed E-state index contributed by atoms with van der Waals surface area (Å²) in [4.78, 5) is 4.24. The Hall–Kier alpha value is -1.29. The fourth-order valence-corrected chi connectivity index (χ4v) is 2.34. The van der Waals surface area contributed by atoms with Crippen LogP contribution in [0, 0.1) is 6.92 Å². The molecule has 0 bridgehead atoms. The molecule has 0 saturated heterocycles. The van der Waals surface area contributed by atoms with Crippen LogP contribution in [0.4, 0.5) is 5.69 Å². The number of aryl methyl sites for hydroxylation is 1. The zero-order chi connectivity index (χ0) is 12.5. The summed E-state index contributed by atoms with van der Waals surface area (Å²) in [6.45, 7) is 2.93. The molecule has 1 saturated carbocycles. The first-order valence-electron chi connectivity index (χ1n) is 6.25. The Labute approximate surface area is 115 Å². The number of nitrogens with zero attached hydrogens (tertiary/aromatic N) is 2. The third kappa shape index (κ3) is 2.43. The molecule has 2 aromatic rings. The number of imidazole rings is 1. The number of hydrogen-bond acceptors (Lipinski definition) is 2. The van der Waals surface area contributed by atoms with Gasteiger partial charge in [-0.1, -0.05) is 15.9 Å². The van der Waals surface area contributed by atoms with Crippen molar-refractivity contribution in [1.82, 2.24) is 9.55 Å². The Balaban J connectivity index is 1.69. The van der Waals surface area contributed by atoms with Crippen molar-refractivity contribution in [2.45, 2.75) is 32.4 Å². The second kappa shape index (κ2) is 4.76. The predicted molar refractivity (Wildman–Crippen MR) is 76.7 cm³/mol. The molecule has 18 heavy (non-hydrogen) atoms. The van der Waals surface area contributed by atoms with E-state index in [-0.39, 0.29) is 0 Å². The maximum atomic E-state index is 4.24. The normalized spacial score (nSPS) is 14.8. The SMILES string of the molecule is Cc1cc(NCc2cncn2C2CC2)ccc1Br. The average Bonchev–Trinajstić information content (AvgIpc) is 3.10. The quantitative estimate of drug-likeness (QED) is 0.928. The van der Waals surface area contributed by atoms with Gasteiger partial charge in [0, 0.05) is 22.4 Å². The van der Waals surface area contributed by atoms with Crippen LogP contribution in [-0.4, -0.2) is 9.55 Å². The van der Waals surface area contributed by atoms with Crippen LogP contribution in [0.5, 0.6) is 0 Å². The van der Waals surface area contributed by atoms with Gasteiger partial charge in [0.2, 0.25) is 0 Å². The minimum absolute atomic E-state index is 0.691. The van der Waals surface area contributed by atoms with Gasteiger partial charge in [-0.15, -0.1) is 0 Å². The fraction of sp³-hybridized carbons (Fsp3) is 0.357. The molecule has 1 fully saturated rings. The van der Waals surface area contributed by atoms with Crippen molar-refractivity contribution in [2.24, 2.45) is 0 Å². The minimum atomic E-state index is 0.691. The molecule has 0 amide bonds. The smallest absolute Gasteiger partial charge is 0.0951 e. The van der Waals surface area contributed by atoms with E-state index in [9.17, 15) is 0 Å². The van der Waals surface area contributed by atoms with E-state index in [4.69, 9.17) is 0 Å². The van der Waals surface area contributed by atoms with E-state index < -0.39 is 0 Å². The van der Waals surface area contributed by atoms with Gasteiger partial charge in [-0.2, -0.15) is 0 Å². The molecule has 4 heteroatoms. The van der Waals surface area contributed by atoms with Crippen LogP contribution < -0.4 is 5.32 Å². The molecule has 1 heterocycles. The van der Waals surface area contributed by atoms with E-state index >= 15 is 0 Å². The predicted octanol–water partition coefficient (Wildman–Crippen LogP) is 3.90. The zero-order valence-corrected chi connectivity index (χ0v) is 11.9. The van der Waals surface area contributed by atoms with Crippen molar-refractivity contribution in [3.8, 4) is 0 Å². The van der Waals surface area contributed by atoms with E-state index in [2.05, 4.69) is 55.9 Å².